The van der Waals surface area contributed by atoms with Crippen molar-refractivity contribution in [3.8, 4) is 17.2 Å². The zero-order chi connectivity index (χ0) is 14.8. The van der Waals surface area contributed by atoms with Crippen LogP contribution in [0.1, 0.15) is 6.42 Å². The van der Waals surface area contributed by atoms with Gasteiger partial charge in [0.1, 0.15) is 4.83 Å². The molecule has 104 valence electrons. The number of thiophene rings is 1. The van der Waals surface area contributed by atoms with E-state index in [0.29, 0.717) is 21.8 Å². The molecule has 0 aliphatic heterocycles. The second-order valence-electron chi connectivity index (χ2n) is 4.49. The number of fused-ring (bicyclic) bond motifs is 1. The van der Waals surface area contributed by atoms with Gasteiger partial charge in [-0.1, -0.05) is 23.7 Å². The van der Waals surface area contributed by atoms with Crippen LogP contribution in [0.4, 0.5) is 0 Å². The summed E-state index contributed by atoms with van der Waals surface area (Å²) in [4.78, 5) is 17.6. The van der Waals surface area contributed by atoms with Crippen molar-refractivity contribution >= 4 is 33.2 Å². The number of rotatable bonds is 3. The van der Waals surface area contributed by atoms with Crippen LogP contribution < -0.4 is 5.56 Å². The fourth-order valence-corrected chi connectivity index (χ4v) is 3.17. The topological polar surface area (TPSA) is 58.7 Å². The van der Waals surface area contributed by atoms with Crippen LogP contribution in [0.2, 0.25) is 5.02 Å². The average molecular weight is 316 g/mol. The molecule has 1 aromatic carbocycles. The van der Waals surface area contributed by atoms with Crippen molar-refractivity contribution in [1.82, 2.24) is 9.55 Å². The van der Waals surface area contributed by atoms with Gasteiger partial charge in [0.15, 0.2) is 0 Å². The molecule has 3 rings (SSSR count). The first-order valence-corrected chi connectivity index (χ1v) is 7.56. The number of halogens is 1. The molecule has 4 nitrogen and oxygen atoms in total. The van der Waals surface area contributed by atoms with E-state index in [1.54, 1.807) is 12.1 Å². The molecule has 2 aromatic heterocycles. The summed E-state index contributed by atoms with van der Waals surface area (Å²) in [6, 6.07) is 9.40. The van der Waals surface area contributed by atoms with Gasteiger partial charge in [-0.15, -0.1) is 11.3 Å². The Morgan fingerprint density at radius 3 is 2.81 bits per heavy atom. The van der Waals surface area contributed by atoms with Crippen LogP contribution in [0.5, 0.6) is 0 Å². The third kappa shape index (κ3) is 2.56. The minimum absolute atomic E-state index is 0.110. The SMILES string of the molecule is N#CCCn1cnc2scc(-c3ccc(Cl)cc3)c2c1=O. The predicted octanol–water partition coefficient (Wildman–Crippen LogP) is 3.69. The van der Waals surface area contributed by atoms with E-state index in [0.717, 1.165) is 11.1 Å². The van der Waals surface area contributed by atoms with E-state index in [1.165, 1.54) is 22.2 Å². The first-order valence-electron chi connectivity index (χ1n) is 6.30. The molecule has 0 saturated carbocycles. The van der Waals surface area contributed by atoms with Gasteiger partial charge in [-0.05, 0) is 17.7 Å². The van der Waals surface area contributed by atoms with Crippen molar-refractivity contribution < 1.29 is 0 Å². The highest BCUT2D eigenvalue weighted by molar-refractivity contribution is 7.17. The average Bonchev–Trinajstić information content (AvgIpc) is 2.92. The minimum atomic E-state index is -0.110. The van der Waals surface area contributed by atoms with Gasteiger partial charge in [0, 0.05) is 22.5 Å². The van der Waals surface area contributed by atoms with Gasteiger partial charge < -0.3 is 0 Å². The van der Waals surface area contributed by atoms with Crippen LogP contribution in [0, 0.1) is 11.3 Å². The van der Waals surface area contributed by atoms with E-state index >= 15 is 0 Å². The Balaban J connectivity index is 2.18. The molecule has 0 spiro atoms. The molecule has 0 aliphatic carbocycles. The number of aryl methyl sites for hydroxylation is 1. The van der Waals surface area contributed by atoms with Crippen LogP contribution in [0.15, 0.2) is 40.8 Å². The Labute approximate surface area is 129 Å². The van der Waals surface area contributed by atoms with Crippen LogP contribution in [-0.4, -0.2) is 9.55 Å². The lowest BCUT2D eigenvalue weighted by atomic mass is 10.1. The number of benzene rings is 1. The molecule has 0 fully saturated rings. The molecule has 0 radical (unpaired) electrons. The molecule has 21 heavy (non-hydrogen) atoms. The van der Waals surface area contributed by atoms with E-state index in [4.69, 9.17) is 16.9 Å². The lowest BCUT2D eigenvalue weighted by Gasteiger charge is -2.04. The number of hydrogen-bond acceptors (Lipinski definition) is 4. The van der Waals surface area contributed by atoms with Gasteiger partial charge in [0.2, 0.25) is 0 Å². The molecule has 0 bridgehead atoms. The first-order chi connectivity index (χ1) is 10.2. The highest BCUT2D eigenvalue weighted by Gasteiger charge is 2.13. The van der Waals surface area contributed by atoms with Crippen LogP contribution >= 0.6 is 22.9 Å². The summed E-state index contributed by atoms with van der Waals surface area (Å²) in [6.45, 7) is 0.355. The maximum atomic E-state index is 12.6. The number of hydrogen-bond donors (Lipinski definition) is 0. The smallest absolute Gasteiger partial charge is 0.262 e. The van der Waals surface area contributed by atoms with E-state index in [9.17, 15) is 4.79 Å². The van der Waals surface area contributed by atoms with Crippen molar-refractivity contribution in [2.75, 3.05) is 0 Å². The van der Waals surface area contributed by atoms with Crippen molar-refractivity contribution in [3.63, 3.8) is 0 Å². The first kappa shape index (κ1) is 13.8. The Morgan fingerprint density at radius 2 is 2.10 bits per heavy atom. The summed E-state index contributed by atoms with van der Waals surface area (Å²) in [5.74, 6) is 0. The van der Waals surface area contributed by atoms with E-state index < -0.39 is 0 Å². The normalized spacial score (nSPS) is 10.7. The number of aromatic nitrogens is 2. The van der Waals surface area contributed by atoms with Crippen molar-refractivity contribution in [2.45, 2.75) is 13.0 Å². The zero-order valence-electron chi connectivity index (χ0n) is 10.9. The Bertz CT molecular complexity index is 890. The second kappa shape index (κ2) is 5.68. The molecule has 0 saturated heterocycles. The lowest BCUT2D eigenvalue weighted by molar-refractivity contribution is 0.679. The molecule has 0 aliphatic rings. The lowest BCUT2D eigenvalue weighted by Crippen LogP contribution is -2.20. The second-order valence-corrected chi connectivity index (χ2v) is 5.78. The zero-order valence-corrected chi connectivity index (χ0v) is 12.5. The molecule has 2 heterocycles. The fraction of sp³-hybridized carbons (Fsp3) is 0.133. The summed E-state index contributed by atoms with van der Waals surface area (Å²) in [5.41, 5.74) is 1.68. The quantitative estimate of drug-likeness (QED) is 0.740. The standard InChI is InChI=1S/C15H10ClN3OS/c16-11-4-2-10(3-5-11)12-8-21-14-13(12)15(20)19(9-18-14)7-1-6-17/h2-5,8-9H,1,7H2. The molecule has 3 aromatic rings. The number of nitrogens with zero attached hydrogens (tertiary/aromatic N) is 3. The summed E-state index contributed by atoms with van der Waals surface area (Å²) in [5, 5.41) is 11.8. The summed E-state index contributed by atoms with van der Waals surface area (Å²) in [7, 11) is 0. The fourth-order valence-electron chi connectivity index (χ4n) is 2.14. The summed E-state index contributed by atoms with van der Waals surface area (Å²) < 4.78 is 1.48. The molecule has 0 N–H and O–H groups in total. The molecule has 0 amide bonds. The van der Waals surface area contributed by atoms with Crippen molar-refractivity contribution in [3.05, 3.63) is 51.3 Å². The van der Waals surface area contributed by atoms with E-state index in [1.807, 2.05) is 23.6 Å². The maximum absolute atomic E-state index is 12.6. The van der Waals surface area contributed by atoms with E-state index in [2.05, 4.69) is 4.98 Å². The molecule has 0 atom stereocenters. The molecule has 0 unspecified atom stereocenters. The largest absolute Gasteiger partial charge is 0.298 e. The van der Waals surface area contributed by atoms with Crippen molar-refractivity contribution in [2.24, 2.45) is 0 Å². The minimum Gasteiger partial charge on any atom is -0.298 e. The van der Waals surface area contributed by atoms with Crippen LogP contribution in [0.25, 0.3) is 21.3 Å². The Kier molecular flexibility index (Phi) is 3.74. The van der Waals surface area contributed by atoms with Crippen LogP contribution in [0.3, 0.4) is 0 Å². The third-order valence-corrected chi connectivity index (χ3v) is 4.32. The number of nitriles is 1. The van der Waals surface area contributed by atoms with Crippen LogP contribution in [-0.2, 0) is 6.54 Å². The summed E-state index contributed by atoms with van der Waals surface area (Å²) >= 11 is 7.34. The molecular formula is C15H10ClN3OS. The maximum Gasteiger partial charge on any atom is 0.262 e. The van der Waals surface area contributed by atoms with Gasteiger partial charge in [-0.2, -0.15) is 5.26 Å². The predicted molar refractivity (Wildman–Crippen MR) is 84.6 cm³/mol. The molecular weight excluding hydrogens is 306 g/mol. The van der Waals surface area contributed by atoms with E-state index in [-0.39, 0.29) is 12.0 Å². The van der Waals surface area contributed by atoms with Gasteiger partial charge >= 0.3 is 0 Å². The van der Waals surface area contributed by atoms with Gasteiger partial charge in [0.25, 0.3) is 5.56 Å². The van der Waals surface area contributed by atoms with Gasteiger partial charge in [0.05, 0.1) is 24.2 Å². The van der Waals surface area contributed by atoms with Gasteiger partial charge in [-0.3, -0.25) is 9.36 Å². The van der Waals surface area contributed by atoms with Crippen molar-refractivity contribution in [1.29, 1.82) is 5.26 Å². The Morgan fingerprint density at radius 1 is 1.33 bits per heavy atom. The van der Waals surface area contributed by atoms with Gasteiger partial charge in [-0.25, -0.2) is 4.98 Å². The highest BCUT2D eigenvalue weighted by atomic mass is 35.5. The monoisotopic (exact) mass is 315 g/mol. The Hall–Kier alpha value is -2.16. The third-order valence-electron chi connectivity index (χ3n) is 3.18. The molecule has 6 heteroatoms. The highest BCUT2D eigenvalue weighted by Crippen LogP contribution is 2.31. The summed E-state index contributed by atoms with van der Waals surface area (Å²) in [6.07, 6.45) is 1.79.